The van der Waals surface area contributed by atoms with E-state index in [1.54, 1.807) is 13.0 Å². The Balaban J connectivity index is 2.96. The third-order valence-electron chi connectivity index (χ3n) is 2.02. The number of ether oxygens (including phenoxy) is 1. The lowest BCUT2D eigenvalue weighted by molar-refractivity contribution is -0.385. The van der Waals surface area contributed by atoms with Crippen LogP contribution >= 0.6 is 15.9 Å². The Hall–Kier alpha value is -1.10. The van der Waals surface area contributed by atoms with Gasteiger partial charge in [0.1, 0.15) is 5.75 Å². The summed E-state index contributed by atoms with van der Waals surface area (Å²) in [6.07, 6.45) is 0. The summed E-state index contributed by atoms with van der Waals surface area (Å²) in [5, 5.41) is 10.7. The van der Waals surface area contributed by atoms with Gasteiger partial charge in [-0.15, -0.1) is 0 Å². The predicted octanol–water partition coefficient (Wildman–Crippen LogP) is 3.70. The van der Waals surface area contributed by atoms with Crippen molar-refractivity contribution in [2.45, 2.75) is 20.8 Å². The van der Waals surface area contributed by atoms with Crippen LogP contribution in [0.1, 0.15) is 19.4 Å². The number of benzene rings is 1. The molecule has 0 aliphatic carbocycles. The largest absolute Gasteiger partial charge is 0.492 e. The number of hydrogen-bond donors (Lipinski definition) is 0. The summed E-state index contributed by atoms with van der Waals surface area (Å²) < 4.78 is 6.16. The van der Waals surface area contributed by atoms with Gasteiger partial charge in [-0.05, 0) is 34.8 Å². The van der Waals surface area contributed by atoms with Crippen LogP contribution < -0.4 is 4.74 Å². The first kappa shape index (κ1) is 13.0. The van der Waals surface area contributed by atoms with Crippen molar-refractivity contribution in [3.8, 4) is 5.75 Å². The normalized spacial score (nSPS) is 10.6. The van der Waals surface area contributed by atoms with E-state index in [0.717, 1.165) is 0 Å². The second-order valence-corrected chi connectivity index (χ2v) is 4.89. The Morgan fingerprint density at radius 1 is 1.50 bits per heavy atom. The minimum absolute atomic E-state index is 0.101. The van der Waals surface area contributed by atoms with E-state index < -0.39 is 4.92 Å². The lowest BCUT2D eigenvalue weighted by Crippen LogP contribution is -2.05. The molecule has 0 bridgehead atoms. The molecule has 0 heterocycles. The third-order valence-corrected chi connectivity index (χ3v) is 2.64. The van der Waals surface area contributed by atoms with Crippen molar-refractivity contribution in [1.29, 1.82) is 0 Å². The third kappa shape index (κ3) is 3.20. The number of hydrogen-bond acceptors (Lipinski definition) is 3. The second-order valence-electron chi connectivity index (χ2n) is 4.03. The van der Waals surface area contributed by atoms with E-state index in [4.69, 9.17) is 4.74 Å². The Labute approximate surface area is 103 Å². The van der Waals surface area contributed by atoms with Gasteiger partial charge in [-0.3, -0.25) is 10.1 Å². The molecule has 0 fully saturated rings. The number of rotatable bonds is 4. The zero-order valence-electron chi connectivity index (χ0n) is 9.49. The number of halogens is 1. The summed E-state index contributed by atoms with van der Waals surface area (Å²) in [7, 11) is 0. The number of nitro groups is 1. The highest BCUT2D eigenvalue weighted by atomic mass is 79.9. The highest BCUT2D eigenvalue weighted by Gasteiger charge is 2.14. The summed E-state index contributed by atoms with van der Waals surface area (Å²) in [6, 6.07) is 3.16. The summed E-state index contributed by atoms with van der Waals surface area (Å²) in [5.41, 5.74) is 0.704. The van der Waals surface area contributed by atoms with Gasteiger partial charge >= 0.3 is 0 Å². The molecule has 1 aromatic rings. The van der Waals surface area contributed by atoms with Crippen LogP contribution in [0.2, 0.25) is 0 Å². The monoisotopic (exact) mass is 287 g/mol. The molecule has 0 atom stereocenters. The average molecular weight is 288 g/mol. The molecule has 0 unspecified atom stereocenters. The maximum absolute atomic E-state index is 10.7. The second kappa shape index (κ2) is 5.30. The SMILES string of the molecule is Cc1cc(OCC(C)C)c(Br)cc1[N+](=O)[O-]. The van der Waals surface area contributed by atoms with E-state index in [1.807, 2.05) is 13.8 Å². The van der Waals surface area contributed by atoms with Crippen molar-refractivity contribution < 1.29 is 9.66 Å². The Morgan fingerprint density at radius 2 is 2.12 bits per heavy atom. The van der Waals surface area contributed by atoms with E-state index >= 15 is 0 Å². The van der Waals surface area contributed by atoms with Crippen LogP contribution in [0.15, 0.2) is 16.6 Å². The Kier molecular flexibility index (Phi) is 4.29. The van der Waals surface area contributed by atoms with Crippen molar-refractivity contribution in [3.05, 3.63) is 32.3 Å². The van der Waals surface area contributed by atoms with Crippen LogP contribution in [0.4, 0.5) is 5.69 Å². The smallest absolute Gasteiger partial charge is 0.273 e. The van der Waals surface area contributed by atoms with Crippen LogP contribution in [0.25, 0.3) is 0 Å². The van der Waals surface area contributed by atoms with Crippen molar-refractivity contribution in [2.75, 3.05) is 6.61 Å². The van der Waals surface area contributed by atoms with Crippen LogP contribution in [0, 0.1) is 23.0 Å². The molecule has 0 aliphatic rings. The van der Waals surface area contributed by atoms with E-state index in [-0.39, 0.29) is 5.69 Å². The Morgan fingerprint density at radius 3 is 2.62 bits per heavy atom. The first-order chi connectivity index (χ1) is 7.41. The molecule has 88 valence electrons. The molecule has 0 radical (unpaired) electrons. The quantitative estimate of drug-likeness (QED) is 0.627. The minimum Gasteiger partial charge on any atom is -0.492 e. The standard InChI is InChI=1S/C11H14BrNO3/c1-7(2)6-16-11-4-8(3)10(13(14)15)5-9(11)12/h4-5,7H,6H2,1-3H3. The van der Waals surface area contributed by atoms with Gasteiger partial charge in [-0.2, -0.15) is 0 Å². The lowest BCUT2D eigenvalue weighted by atomic mass is 10.2. The molecule has 0 aliphatic heterocycles. The zero-order chi connectivity index (χ0) is 12.3. The molecule has 0 N–H and O–H groups in total. The molecular formula is C11H14BrNO3. The molecular weight excluding hydrogens is 274 g/mol. The maximum atomic E-state index is 10.7. The highest BCUT2D eigenvalue weighted by molar-refractivity contribution is 9.10. The topological polar surface area (TPSA) is 52.4 Å². The van der Waals surface area contributed by atoms with Gasteiger partial charge in [0.15, 0.2) is 0 Å². The molecule has 1 rings (SSSR count). The Bertz CT molecular complexity index is 404. The van der Waals surface area contributed by atoms with Crippen LogP contribution in [0.3, 0.4) is 0 Å². The van der Waals surface area contributed by atoms with Gasteiger partial charge in [0.05, 0.1) is 16.0 Å². The van der Waals surface area contributed by atoms with Crippen molar-refractivity contribution >= 4 is 21.6 Å². The van der Waals surface area contributed by atoms with Crippen molar-refractivity contribution in [1.82, 2.24) is 0 Å². The average Bonchev–Trinajstić information content (AvgIpc) is 2.18. The fourth-order valence-electron chi connectivity index (χ4n) is 1.21. The number of nitro benzene ring substituents is 1. The van der Waals surface area contributed by atoms with Gasteiger partial charge < -0.3 is 4.74 Å². The van der Waals surface area contributed by atoms with Gasteiger partial charge in [0.25, 0.3) is 5.69 Å². The summed E-state index contributed by atoms with van der Waals surface area (Å²) in [4.78, 5) is 10.3. The van der Waals surface area contributed by atoms with Gasteiger partial charge in [-0.1, -0.05) is 13.8 Å². The molecule has 1 aromatic carbocycles. The van der Waals surface area contributed by atoms with Crippen LogP contribution in [-0.2, 0) is 0 Å². The summed E-state index contributed by atoms with van der Waals surface area (Å²) in [5.74, 6) is 1.07. The molecule has 0 saturated heterocycles. The molecule has 0 aromatic heterocycles. The van der Waals surface area contributed by atoms with Gasteiger partial charge in [-0.25, -0.2) is 0 Å². The first-order valence-corrected chi connectivity index (χ1v) is 5.78. The maximum Gasteiger partial charge on any atom is 0.273 e. The summed E-state index contributed by atoms with van der Waals surface area (Å²) in [6.45, 7) is 6.39. The molecule has 0 amide bonds. The number of nitrogens with zero attached hydrogens (tertiary/aromatic N) is 1. The molecule has 5 heteroatoms. The predicted molar refractivity (Wildman–Crippen MR) is 65.9 cm³/mol. The van der Waals surface area contributed by atoms with Gasteiger partial charge in [0, 0.05) is 11.6 Å². The fraction of sp³-hybridized carbons (Fsp3) is 0.455. The molecule has 4 nitrogen and oxygen atoms in total. The molecule has 16 heavy (non-hydrogen) atoms. The van der Waals surface area contributed by atoms with E-state index in [0.29, 0.717) is 28.3 Å². The van der Waals surface area contributed by atoms with E-state index in [2.05, 4.69) is 15.9 Å². The van der Waals surface area contributed by atoms with Crippen LogP contribution in [0.5, 0.6) is 5.75 Å². The zero-order valence-corrected chi connectivity index (χ0v) is 11.1. The molecule has 0 spiro atoms. The van der Waals surface area contributed by atoms with E-state index in [9.17, 15) is 10.1 Å². The fourth-order valence-corrected chi connectivity index (χ4v) is 1.65. The first-order valence-electron chi connectivity index (χ1n) is 4.99. The van der Waals surface area contributed by atoms with Gasteiger partial charge in [0.2, 0.25) is 0 Å². The van der Waals surface area contributed by atoms with E-state index in [1.165, 1.54) is 6.07 Å². The van der Waals surface area contributed by atoms with Crippen molar-refractivity contribution in [3.63, 3.8) is 0 Å². The highest BCUT2D eigenvalue weighted by Crippen LogP contribution is 2.32. The minimum atomic E-state index is -0.397. The van der Waals surface area contributed by atoms with Crippen LogP contribution in [-0.4, -0.2) is 11.5 Å². The lowest BCUT2D eigenvalue weighted by Gasteiger charge is -2.11. The van der Waals surface area contributed by atoms with Crippen molar-refractivity contribution in [2.24, 2.45) is 5.92 Å². The molecule has 0 saturated carbocycles. The number of aryl methyl sites for hydroxylation is 1. The summed E-state index contributed by atoms with van der Waals surface area (Å²) >= 11 is 3.27.